The first-order valence-electron chi connectivity index (χ1n) is 9.87. The summed E-state index contributed by atoms with van der Waals surface area (Å²) < 4.78 is 5.81. The standard InChI is InChI=1S/C25H22N4O2/c1-17-15-22(11-13-26-17)28-20-5-3-19(4-6-20)25(30)29-21-7-9-23(10-8-21)31-24-12-14-27-18(2)16-24/h3-16H,1-2H3,(H,26,28)(H,29,30). The third-order valence-corrected chi connectivity index (χ3v) is 4.55. The lowest BCUT2D eigenvalue weighted by Crippen LogP contribution is -2.11. The number of benzene rings is 2. The summed E-state index contributed by atoms with van der Waals surface area (Å²) in [5.74, 6) is 1.23. The normalized spacial score (nSPS) is 10.4. The van der Waals surface area contributed by atoms with Crippen molar-refractivity contribution in [2.24, 2.45) is 0 Å². The van der Waals surface area contributed by atoms with Crippen LogP contribution in [0.15, 0.2) is 85.2 Å². The summed E-state index contributed by atoms with van der Waals surface area (Å²) in [5, 5.41) is 6.20. The molecule has 0 atom stereocenters. The molecule has 0 bridgehead atoms. The number of aromatic nitrogens is 2. The third-order valence-electron chi connectivity index (χ3n) is 4.55. The van der Waals surface area contributed by atoms with E-state index in [2.05, 4.69) is 20.6 Å². The van der Waals surface area contributed by atoms with Crippen LogP contribution < -0.4 is 15.4 Å². The molecular formula is C25H22N4O2. The molecule has 31 heavy (non-hydrogen) atoms. The molecule has 0 aliphatic carbocycles. The minimum Gasteiger partial charge on any atom is -0.457 e. The highest BCUT2D eigenvalue weighted by Crippen LogP contribution is 2.23. The number of hydrogen-bond donors (Lipinski definition) is 2. The Balaban J connectivity index is 1.36. The van der Waals surface area contributed by atoms with E-state index in [0.29, 0.717) is 17.0 Å². The molecule has 0 saturated carbocycles. The fourth-order valence-corrected chi connectivity index (χ4v) is 3.02. The van der Waals surface area contributed by atoms with Crippen molar-refractivity contribution in [1.82, 2.24) is 9.97 Å². The average molecular weight is 410 g/mol. The maximum atomic E-state index is 12.6. The second-order valence-corrected chi connectivity index (χ2v) is 7.10. The van der Waals surface area contributed by atoms with E-state index < -0.39 is 0 Å². The number of hydrogen-bond acceptors (Lipinski definition) is 5. The number of aryl methyl sites for hydroxylation is 2. The van der Waals surface area contributed by atoms with E-state index in [1.54, 1.807) is 30.6 Å². The van der Waals surface area contributed by atoms with Crippen LogP contribution in [0.2, 0.25) is 0 Å². The summed E-state index contributed by atoms with van der Waals surface area (Å²) in [5.41, 5.74) is 4.94. The lowest BCUT2D eigenvalue weighted by Gasteiger charge is -2.10. The van der Waals surface area contributed by atoms with E-state index >= 15 is 0 Å². The highest BCUT2D eigenvalue weighted by Gasteiger charge is 2.07. The molecule has 4 aromatic rings. The molecule has 0 aliphatic rings. The second kappa shape index (κ2) is 9.09. The summed E-state index contributed by atoms with van der Waals surface area (Å²) >= 11 is 0. The molecule has 4 rings (SSSR count). The molecule has 2 N–H and O–H groups in total. The van der Waals surface area contributed by atoms with E-state index in [4.69, 9.17) is 4.74 Å². The van der Waals surface area contributed by atoms with Gasteiger partial charge in [-0.25, -0.2) is 0 Å². The minimum absolute atomic E-state index is 0.176. The monoisotopic (exact) mass is 410 g/mol. The molecule has 1 amide bonds. The van der Waals surface area contributed by atoms with Gasteiger partial charge in [0.25, 0.3) is 5.91 Å². The average Bonchev–Trinajstić information content (AvgIpc) is 2.76. The largest absolute Gasteiger partial charge is 0.457 e. The summed E-state index contributed by atoms with van der Waals surface area (Å²) in [6, 6.07) is 22.1. The Hall–Kier alpha value is -4.19. The van der Waals surface area contributed by atoms with Crippen LogP contribution in [0.5, 0.6) is 11.5 Å². The summed E-state index contributed by atoms with van der Waals surface area (Å²) in [6.45, 7) is 3.85. The zero-order chi connectivity index (χ0) is 21.6. The fraction of sp³-hybridized carbons (Fsp3) is 0.0800. The topological polar surface area (TPSA) is 76.1 Å². The van der Waals surface area contributed by atoms with Crippen molar-refractivity contribution >= 4 is 23.0 Å². The second-order valence-electron chi connectivity index (χ2n) is 7.10. The molecule has 0 unspecified atom stereocenters. The third kappa shape index (κ3) is 5.45. The van der Waals surface area contributed by atoms with Gasteiger partial charge < -0.3 is 15.4 Å². The predicted octanol–water partition coefficient (Wildman–Crippen LogP) is 5.88. The molecule has 0 aliphatic heterocycles. The van der Waals surface area contributed by atoms with E-state index in [0.717, 1.165) is 28.5 Å². The summed E-state index contributed by atoms with van der Waals surface area (Å²) in [4.78, 5) is 20.9. The van der Waals surface area contributed by atoms with Gasteiger partial charge in [0.2, 0.25) is 0 Å². The van der Waals surface area contributed by atoms with Crippen molar-refractivity contribution < 1.29 is 9.53 Å². The fourth-order valence-electron chi connectivity index (χ4n) is 3.02. The first kappa shape index (κ1) is 20.1. The van der Waals surface area contributed by atoms with Crippen molar-refractivity contribution in [2.45, 2.75) is 13.8 Å². The zero-order valence-electron chi connectivity index (χ0n) is 17.3. The Bertz CT molecular complexity index is 1190. The van der Waals surface area contributed by atoms with Crippen LogP contribution in [0, 0.1) is 13.8 Å². The zero-order valence-corrected chi connectivity index (χ0v) is 17.3. The predicted molar refractivity (Wildman–Crippen MR) is 122 cm³/mol. The van der Waals surface area contributed by atoms with Gasteiger partial charge in [-0.1, -0.05) is 0 Å². The van der Waals surface area contributed by atoms with Crippen LogP contribution in [0.4, 0.5) is 17.1 Å². The first-order valence-corrected chi connectivity index (χ1v) is 9.87. The van der Waals surface area contributed by atoms with Crippen molar-refractivity contribution in [3.05, 3.63) is 102 Å². The number of rotatable bonds is 6. The van der Waals surface area contributed by atoms with E-state index in [1.807, 2.05) is 68.4 Å². The number of nitrogens with one attached hydrogen (secondary N) is 2. The highest BCUT2D eigenvalue weighted by molar-refractivity contribution is 6.04. The van der Waals surface area contributed by atoms with Gasteiger partial charge in [-0.05, 0) is 80.6 Å². The Morgan fingerprint density at radius 1 is 0.710 bits per heavy atom. The molecule has 2 aromatic carbocycles. The van der Waals surface area contributed by atoms with Crippen LogP contribution in [-0.2, 0) is 0 Å². The number of ether oxygens (including phenoxy) is 1. The molecule has 154 valence electrons. The van der Waals surface area contributed by atoms with Gasteiger partial charge in [0.1, 0.15) is 11.5 Å². The maximum Gasteiger partial charge on any atom is 0.255 e. The lowest BCUT2D eigenvalue weighted by molar-refractivity contribution is 0.102. The van der Waals surface area contributed by atoms with Gasteiger partial charge in [0, 0.05) is 52.5 Å². The molecule has 0 saturated heterocycles. The highest BCUT2D eigenvalue weighted by atomic mass is 16.5. The van der Waals surface area contributed by atoms with Crippen molar-refractivity contribution in [3.63, 3.8) is 0 Å². The van der Waals surface area contributed by atoms with Crippen LogP contribution >= 0.6 is 0 Å². The molecule has 0 fully saturated rings. The summed E-state index contributed by atoms with van der Waals surface area (Å²) in [6.07, 6.45) is 3.46. The number of amides is 1. The smallest absolute Gasteiger partial charge is 0.255 e. The van der Waals surface area contributed by atoms with E-state index in [1.165, 1.54) is 0 Å². The van der Waals surface area contributed by atoms with Gasteiger partial charge in [-0.2, -0.15) is 0 Å². The van der Waals surface area contributed by atoms with Gasteiger partial charge >= 0.3 is 0 Å². The molecule has 0 spiro atoms. The van der Waals surface area contributed by atoms with Gasteiger partial charge in [0.15, 0.2) is 0 Å². The van der Waals surface area contributed by atoms with Gasteiger partial charge in [-0.15, -0.1) is 0 Å². The maximum absolute atomic E-state index is 12.6. The van der Waals surface area contributed by atoms with Crippen LogP contribution in [0.3, 0.4) is 0 Å². The number of pyridine rings is 2. The molecule has 6 heteroatoms. The lowest BCUT2D eigenvalue weighted by atomic mass is 10.2. The number of anilines is 3. The number of carbonyl (C=O) groups is 1. The van der Waals surface area contributed by atoms with Gasteiger partial charge in [0.05, 0.1) is 0 Å². The Morgan fingerprint density at radius 2 is 1.35 bits per heavy atom. The van der Waals surface area contributed by atoms with Crippen molar-refractivity contribution in [2.75, 3.05) is 10.6 Å². The Labute approximate surface area is 181 Å². The molecule has 0 radical (unpaired) electrons. The number of nitrogens with zero attached hydrogens (tertiary/aromatic N) is 2. The molecule has 2 heterocycles. The van der Waals surface area contributed by atoms with E-state index in [9.17, 15) is 4.79 Å². The van der Waals surface area contributed by atoms with Crippen molar-refractivity contribution in [1.29, 1.82) is 0 Å². The number of carbonyl (C=O) groups excluding carboxylic acids is 1. The van der Waals surface area contributed by atoms with Crippen molar-refractivity contribution in [3.8, 4) is 11.5 Å². The molecule has 6 nitrogen and oxygen atoms in total. The summed E-state index contributed by atoms with van der Waals surface area (Å²) in [7, 11) is 0. The van der Waals surface area contributed by atoms with Gasteiger partial charge in [-0.3, -0.25) is 14.8 Å². The quantitative estimate of drug-likeness (QED) is 0.415. The minimum atomic E-state index is -0.176. The SMILES string of the molecule is Cc1cc(Nc2ccc(C(=O)Nc3ccc(Oc4ccnc(C)c4)cc3)cc2)ccn1. The molecular weight excluding hydrogens is 388 g/mol. The molecule has 2 aromatic heterocycles. The van der Waals surface area contributed by atoms with Crippen LogP contribution in [0.1, 0.15) is 21.7 Å². The van der Waals surface area contributed by atoms with Crippen LogP contribution in [0.25, 0.3) is 0 Å². The Kier molecular flexibility index (Phi) is 5.89. The Morgan fingerprint density at radius 3 is 2.03 bits per heavy atom. The van der Waals surface area contributed by atoms with E-state index in [-0.39, 0.29) is 5.91 Å². The van der Waals surface area contributed by atoms with Crippen LogP contribution in [-0.4, -0.2) is 15.9 Å². The first-order chi connectivity index (χ1) is 15.0.